The number of para-hydroxylation sites is 1. The van der Waals surface area contributed by atoms with E-state index in [2.05, 4.69) is 6.92 Å². The number of methoxy groups -OCH3 is 2. The minimum atomic E-state index is -1.76. The highest BCUT2D eigenvalue weighted by atomic mass is 16.8. The zero-order chi connectivity index (χ0) is 58.0. The second-order valence-electron chi connectivity index (χ2n) is 24.4. The van der Waals surface area contributed by atoms with Gasteiger partial charge in [0.05, 0.1) is 60.3 Å². The van der Waals surface area contributed by atoms with Crippen molar-refractivity contribution in [2.45, 2.75) is 246 Å². The largest absolute Gasteiger partial charge is 0.462 e. The van der Waals surface area contributed by atoms with Crippen LogP contribution in [0, 0.1) is 28.6 Å². The third-order valence-electron chi connectivity index (χ3n) is 20.2. The van der Waals surface area contributed by atoms with Crippen LogP contribution in [0.5, 0.6) is 0 Å². The second kappa shape index (κ2) is 24.3. The van der Waals surface area contributed by atoms with Crippen molar-refractivity contribution in [2.24, 2.45) is 28.6 Å². The zero-order valence-corrected chi connectivity index (χ0v) is 47.0. The van der Waals surface area contributed by atoms with Gasteiger partial charge >= 0.3 is 11.9 Å². The van der Waals surface area contributed by atoms with Crippen LogP contribution in [-0.2, 0) is 61.6 Å². The van der Waals surface area contributed by atoms with Gasteiger partial charge in [-0.2, -0.15) is 0 Å². The van der Waals surface area contributed by atoms with Crippen LogP contribution < -0.4 is 5.73 Å². The predicted octanol–water partition coefficient (Wildman–Crippen LogP) is 0.324. The van der Waals surface area contributed by atoms with Gasteiger partial charge in [0.1, 0.15) is 78.8 Å². The van der Waals surface area contributed by atoms with Gasteiger partial charge in [-0.15, -0.1) is 0 Å². The molecule has 4 aliphatic heterocycles. The third-order valence-corrected chi connectivity index (χ3v) is 20.2. The topological polar surface area (TPSA) is 353 Å². The highest BCUT2D eigenvalue weighted by molar-refractivity contribution is 5.95. The van der Waals surface area contributed by atoms with E-state index < -0.39 is 165 Å². The fraction of sp³-hybridized carbons (Fsp3) is 0.857. The molecule has 0 aromatic heterocycles. The number of anilines is 1. The lowest BCUT2D eigenvalue weighted by molar-refractivity contribution is -0.360. The van der Waals surface area contributed by atoms with Crippen LogP contribution >= 0.6 is 0 Å². The molecule has 0 amide bonds. The Hall–Kier alpha value is -2.80. The smallest absolute Gasteiger partial charge is 0.340 e. The first-order valence-electron chi connectivity index (χ1n) is 28.5. The number of hydrogen-bond acceptors (Lipinski definition) is 24. The summed E-state index contributed by atoms with van der Waals surface area (Å²) < 4.78 is 73.3. The Morgan fingerprint density at radius 2 is 1.31 bits per heavy atom. The predicted molar refractivity (Wildman–Crippen MR) is 275 cm³/mol. The number of hydrogen-bond donors (Lipinski definition) is 10. The van der Waals surface area contributed by atoms with E-state index in [0.717, 1.165) is 19.3 Å². The van der Waals surface area contributed by atoms with Crippen LogP contribution in [0.25, 0.3) is 0 Å². The van der Waals surface area contributed by atoms with Crippen molar-refractivity contribution < 1.29 is 112 Å². The molecule has 0 bridgehead atoms. The molecule has 28 atom stereocenters. The summed E-state index contributed by atoms with van der Waals surface area (Å²) in [6, 6.07) is 6.55. The molecule has 1 aromatic carbocycles. The zero-order valence-electron chi connectivity index (χ0n) is 47.0. The summed E-state index contributed by atoms with van der Waals surface area (Å²) in [7, 11) is 3.08. The monoisotopic (exact) mass is 1140 g/mol. The van der Waals surface area contributed by atoms with Crippen molar-refractivity contribution in [3.05, 3.63) is 29.8 Å². The number of carbonyl (C=O) groups is 2. The maximum Gasteiger partial charge on any atom is 0.340 e. The van der Waals surface area contributed by atoms with E-state index in [1.807, 2.05) is 6.92 Å². The average molecular weight is 1140 g/mol. The number of nitrogen functional groups attached to an aromatic ring is 1. The summed E-state index contributed by atoms with van der Waals surface area (Å²) in [4.78, 5) is 26.3. The molecule has 4 saturated carbocycles. The van der Waals surface area contributed by atoms with Crippen LogP contribution in [0.2, 0.25) is 0 Å². The molecule has 8 fully saturated rings. The number of aliphatic hydroxyl groups is 9. The van der Waals surface area contributed by atoms with Gasteiger partial charge < -0.3 is 109 Å². The fourth-order valence-electron chi connectivity index (χ4n) is 15.5. The highest BCUT2D eigenvalue weighted by Gasteiger charge is 2.77. The number of nitrogens with two attached hydrogens (primary N) is 1. The number of carbonyl (C=O) groups excluding carboxylic acids is 2. The molecule has 0 spiro atoms. The van der Waals surface area contributed by atoms with Gasteiger partial charge in [-0.1, -0.05) is 26.0 Å². The van der Waals surface area contributed by atoms with Crippen molar-refractivity contribution in [1.29, 1.82) is 0 Å². The Balaban J connectivity index is 0.793. The van der Waals surface area contributed by atoms with Gasteiger partial charge in [-0.3, -0.25) is 4.79 Å². The standard InChI is InChI=1S/C56H87NO23/c1-25-48(79-41-22-36(70-8)49(26(2)73-41)80-52-47(65)45(63)43(61)38(78-52)24-71-51-46(64)44(62)42(60)37(23-58)77-51)35(69-7)21-40(72-25)76-30-15-16-53(5)29(19-30)13-14-32-33(53)20-39(75-28(4)59)54(6)55(67,17-18-56(32,54)68)27(3)74-50(66)31-11-9-10-12-34(31)57/h9-12,25-27,29-30,32-33,35-49,51-52,58,60-65,67-68H,13-24,57H2,1-8H3/t25-,26-,27?,29+,30+,32-,33+,35+,36-,37-,38-,39-,40+,41+,42-,43-,44+,45+,46-,47-,48-,49-,51-,52+,53+,54-,55-,56+/m1/s1. The molecule has 24 nitrogen and oxygen atoms in total. The van der Waals surface area contributed by atoms with E-state index in [1.54, 1.807) is 52.1 Å². The first-order valence-corrected chi connectivity index (χ1v) is 28.5. The lowest BCUT2D eigenvalue weighted by atomic mass is 9.42. The van der Waals surface area contributed by atoms with E-state index >= 15 is 0 Å². The maximum atomic E-state index is 13.4. The molecule has 4 aliphatic carbocycles. The molecule has 1 unspecified atom stereocenters. The molecule has 454 valence electrons. The maximum absolute atomic E-state index is 13.4. The lowest BCUT2D eigenvalue weighted by Crippen LogP contribution is -2.72. The minimum Gasteiger partial charge on any atom is -0.462 e. The molecule has 4 saturated heterocycles. The number of fused-ring (bicyclic) bond motifs is 5. The van der Waals surface area contributed by atoms with E-state index in [-0.39, 0.29) is 59.8 Å². The molecule has 9 rings (SSSR count). The quantitative estimate of drug-likeness (QED) is 0.0605. The summed E-state index contributed by atoms with van der Waals surface area (Å²) in [5.74, 6) is -1.29. The molecular formula is C56H87NO23. The second-order valence-corrected chi connectivity index (χ2v) is 24.4. The van der Waals surface area contributed by atoms with Crippen LogP contribution in [0.1, 0.15) is 116 Å². The Bertz CT molecular complexity index is 2280. The summed E-state index contributed by atoms with van der Waals surface area (Å²) in [5.41, 5.74) is 1.68. The van der Waals surface area contributed by atoms with E-state index in [0.29, 0.717) is 25.7 Å². The van der Waals surface area contributed by atoms with Crippen molar-refractivity contribution >= 4 is 17.6 Å². The molecule has 80 heavy (non-hydrogen) atoms. The van der Waals surface area contributed by atoms with Gasteiger partial charge in [0.2, 0.25) is 0 Å². The van der Waals surface area contributed by atoms with Crippen LogP contribution in [0.15, 0.2) is 24.3 Å². The minimum absolute atomic E-state index is 0.0534. The van der Waals surface area contributed by atoms with Gasteiger partial charge in [0, 0.05) is 39.7 Å². The van der Waals surface area contributed by atoms with Crippen molar-refractivity contribution in [2.75, 3.05) is 33.2 Å². The van der Waals surface area contributed by atoms with E-state index in [4.69, 9.17) is 62.6 Å². The molecule has 1 aromatic rings. The summed E-state index contributed by atoms with van der Waals surface area (Å²) in [6.07, 6.45) is -18.3. The van der Waals surface area contributed by atoms with Crippen molar-refractivity contribution in [3.8, 4) is 0 Å². The molecule has 24 heteroatoms. The van der Waals surface area contributed by atoms with E-state index in [1.165, 1.54) is 14.0 Å². The lowest BCUT2D eigenvalue weighted by Gasteiger charge is -2.66. The van der Waals surface area contributed by atoms with Gasteiger partial charge in [0.15, 0.2) is 25.2 Å². The third kappa shape index (κ3) is 11.1. The normalized spacial score (nSPS) is 48.9. The fourth-order valence-corrected chi connectivity index (χ4v) is 15.5. The van der Waals surface area contributed by atoms with Crippen molar-refractivity contribution in [1.82, 2.24) is 0 Å². The molecule has 4 heterocycles. The summed E-state index contributed by atoms with van der Waals surface area (Å²) in [5, 5.41) is 98.9. The summed E-state index contributed by atoms with van der Waals surface area (Å²) in [6.45, 7) is 9.42. The van der Waals surface area contributed by atoms with Crippen LogP contribution in [0.3, 0.4) is 0 Å². The number of aliphatic hydroxyl groups excluding tert-OH is 7. The van der Waals surface area contributed by atoms with Crippen molar-refractivity contribution in [3.63, 3.8) is 0 Å². The van der Waals surface area contributed by atoms with E-state index in [9.17, 15) is 55.5 Å². The van der Waals surface area contributed by atoms with Crippen LogP contribution in [-0.4, -0.2) is 225 Å². The highest BCUT2D eigenvalue weighted by Crippen LogP contribution is 2.71. The molecular weight excluding hydrogens is 1050 g/mol. The van der Waals surface area contributed by atoms with Gasteiger partial charge in [-0.05, 0) is 107 Å². The molecule has 11 N–H and O–H groups in total. The average Bonchev–Trinajstić information content (AvgIpc) is 2.92. The Kier molecular flexibility index (Phi) is 18.7. The Morgan fingerprint density at radius 3 is 1.94 bits per heavy atom. The molecule has 0 radical (unpaired) electrons. The molecule has 8 aliphatic rings. The number of esters is 2. The Labute approximate surface area is 466 Å². The first kappa shape index (κ1) is 61.8. The van der Waals surface area contributed by atoms with Gasteiger partial charge in [-0.25, -0.2) is 4.79 Å². The van der Waals surface area contributed by atoms with Crippen LogP contribution in [0.4, 0.5) is 5.69 Å². The number of benzene rings is 1. The number of ether oxygens (including phenoxy) is 12. The summed E-state index contributed by atoms with van der Waals surface area (Å²) >= 11 is 0. The number of rotatable bonds is 16. The first-order chi connectivity index (χ1) is 37.8. The Morgan fingerprint density at radius 1 is 0.713 bits per heavy atom. The SMILES string of the molecule is CO[C@H]1C[C@H](O[C@H]2CC[C@@]3(C)[C@@H](CC[C@@H]4[C@@H]3C[C@@H](OC(C)=O)[C@]3(C)[C@](O)(C(C)OC(=O)c5ccccc5N)CC[C@]43O)C2)O[C@H](C)[C@H]1O[C@H]1C[C@@H](OC)[C@H](O[C@@H]2O[C@H](CO[C@@H]3O[C@H](CO)[C@@H](O)[C@H](O)[C@H]3O)[C@@H](O)[C@H](O)[C@H]2O)[C@@H](C)O1. The van der Waals surface area contributed by atoms with Gasteiger partial charge in [0.25, 0.3) is 0 Å².